The van der Waals surface area contributed by atoms with Gasteiger partial charge in [-0.3, -0.25) is 9.52 Å². The lowest BCUT2D eigenvalue weighted by molar-refractivity contribution is -0.0765. The van der Waals surface area contributed by atoms with E-state index in [9.17, 15) is 0 Å². The molecular weight excluding hydrogens is 258 g/mol. The van der Waals surface area contributed by atoms with E-state index in [1.807, 2.05) is 39.4 Å². The minimum Gasteiger partial charge on any atom is -0.296 e. The van der Waals surface area contributed by atoms with Crippen LogP contribution in [-0.4, -0.2) is 15.4 Å². The molecule has 1 N–H and O–H groups in total. The molecule has 1 aromatic heterocycles. The van der Waals surface area contributed by atoms with E-state index >= 15 is 0 Å². The van der Waals surface area contributed by atoms with E-state index in [0.29, 0.717) is 6.54 Å². The van der Waals surface area contributed by atoms with E-state index in [1.165, 1.54) is 0 Å². The molecule has 0 fully saturated rings. The topological polar surface area (TPSA) is 39.1 Å². The third kappa shape index (κ3) is 3.59. The van der Waals surface area contributed by atoms with E-state index in [0.717, 1.165) is 15.9 Å². The highest BCUT2D eigenvalue weighted by Gasteiger charge is 2.13. The smallest absolute Gasteiger partial charge is 0.0813 e. The van der Waals surface area contributed by atoms with Crippen LogP contribution in [0.15, 0.2) is 4.47 Å². The summed E-state index contributed by atoms with van der Waals surface area (Å²) in [4.78, 5) is 5.44. The number of nitrogens with zero attached hydrogens (tertiary/aromatic N) is 2. The molecule has 4 nitrogen and oxygen atoms in total. The van der Waals surface area contributed by atoms with E-state index in [1.54, 1.807) is 0 Å². The van der Waals surface area contributed by atoms with Crippen LogP contribution in [-0.2, 0) is 18.4 Å². The minimum atomic E-state index is -0.180. The van der Waals surface area contributed by atoms with Crippen molar-refractivity contribution < 1.29 is 4.84 Å². The highest BCUT2D eigenvalue weighted by Crippen LogP contribution is 2.20. The van der Waals surface area contributed by atoms with Gasteiger partial charge in [0.15, 0.2) is 0 Å². The number of hydrogen-bond donors (Lipinski definition) is 1. The second-order valence-corrected chi connectivity index (χ2v) is 5.30. The lowest BCUT2D eigenvalue weighted by atomic mass is 10.2. The molecule has 0 aliphatic carbocycles. The molecule has 0 aliphatic heterocycles. The Bertz CT molecular complexity index is 341. The number of hydrogen-bond acceptors (Lipinski definition) is 3. The summed E-state index contributed by atoms with van der Waals surface area (Å²) in [5, 5.41) is 4.30. The normalized spacial score (nSPS) is 12.1. The molecule has 0 saturated heterocycles. The fourth-order valence-electron chi connectivity index (χ4n) is 1.19. The second-order valence-electron chi connectivity index (χ2n) is 4.51. The van der Waals surface area contributed by atoms with Gasteiger partial charge in [0.1, 0.15) is 0 Å². The molecule has 15 heavy (non-hydrogen) atoms. The number of hydroxylamine groups is 1. The van der Waals surface area contributed by atoms with Crippen molar-refractivity contribution in [2.45, 2.75) is 39.8 Å². The first kappa shape index (κ1) is 12.7. The largest absolute Gasteiger partial charge is 0.296 e. The summed E-state index contributed by atoms with van der Waals surface area (Å²) in [6.45, 7) is 8.62. The van der Waals surface area contributed by atoms with Crippen molar-refractivity contribution in [3.63, 3.8) is 0 Å². The van der Waals surface area contributed by atoms with Crippen molar-refractivity contribution in [1.29, 1.82) is 0 Å². The minimum absolute atomic E-state index is 0.180. The van der Waals surface area contributed by atoms with Crippen LogP contribution in [0.4, 0.5) is 0 Å². The zero-order valence-electron chi connectivity index (χ0n) is 9.89. The van der Waals surface area contributed by atoms with Gasteiger partial charge in [-0.2, -0.15) is 10.6 Å². The monoisotopic (exact) mass is 275 g/mol. The maximum absolute atomic E-state index is 5.44. The third-order valence-corrected chi connectivity index (χ3v) is 2.91. The van der Waals surface area contributed by atoms with Gasteiger partial charge in [0, 0.05) is 7.05 Å². The lowest BCUT2D eigenvalue weighted by Crippen LogP contribution is -2.29. The predicted molar refractivity (Wildman–Crippen MR) is 63.3 cm³/mol. The van der Waals surface area contributed by atoms with E-state index < -0.39 is 0 Å². The lowest BCUT2D eigenvalue weighted by Gasteiger charge is -2.19. The van der Waals surface area contributed by atoms with Crippen molar-refractivity contribution in [3.05, 3.63) is 15.9 Å². The fourth-order valence-corrected chi connectivity index (χ4v) is 1.67. The van der Waals surface area contributed by atoms with Crippen molar-refractivity contribution in [2.75, 3.05) is 0 Å². The zero-order chi connectivity index (χ0) is 11.6. The molecule has 0 spiro atoms. The Kier molecular flexibility index (Phi) is 3.92. The van der Waals surface area contributed by atoms with Crippen LogP contribution in [0.3, 0.4) is 0 Å². The first-order valence-electron chi connectivity index (χ1n) is 4.90. The predicted octanol–water partition coefficient (Wildman–Crippen LogP) is 2.31. The van der Waals surface area contributed by atoms with Crippen LogP contribution in [0, 0.1) is 6.92 Å². The molecule has 1 rings (SSSR count). The van der Waals surface area contributed by atoms with Crippen molar-refractivity contribution >= 4 is 15.9 Å². The average Bonchev–Trinajstić information content (AvgIpc) is 2.29. The van der Waals surface area contributed by atoms with Crippen LogP contribution in [0.1, 0.15) is 32.2 Å². The number of aryl methyl sites for hydroxylation is 2. The van der Waals surface area contributed by atoms with Crippen LogP contribution in [0.2, 0.25) is 0 Å². The van der Waals surface area contributed by atoms with Crippen molar-refractivity contribution in [2.24, 2.45) is 7.05 Å². The molecule has 86 valence electrons. The molecular formula is C10H18BrN3O. The van der Waals surface area contributed by atoms with Crippen LogP contribution in [0.25, 0.3) is 0 Å². The molecule has 0 unspecified atom stereocenters. The first-order valence-corrected chi connectivity index (χ1v) is 5.69. The maximum atomic E-state index is 5.44. The Labute approximate surface area is 99.1 Å². The SMILES string of the molecule is Cc1nn(C)c(CNOC(C)(C)C)c1Br. The Balaban J connectivity index is 2.58. The molecule has 1 heterocycles. The molecule has 0 amide bonds. The molecule has 5 heteroatoms. The first-order chi connectivity index (χ1) is 6.81. The maximum Gasteiger partial charge on any atom is 0.0813 e. The molecule has 0 bridgehead atoms. The Morgan fingerprint density at radius 3 is 2.47 bits per heavy atom. The van der Waals surface area contributed by atoms with Gasteiger partial charge >= 0.3 is 0 Å². The van der Waals surface area contributed by atoms with Gasteiger partial charge in [0.2, 0.25) is 0 Å². The van der Waals surface area contributed by atoms with E-state index in [-0.39, 0.29) is 5.60 Å². The van der Waals surface area contributed by atoms with Crippen LogP contribution < -0.4 is 5.48 Å². The van der Waals surface area contributed by atoms with Crippen molar-refractivity contribution in [1.82, 2.24) is 15.3 Å². The van der Waals surface area contributed by atoms with Gasteiger partial charge in [0.25, 0.3) is 0 Å². The van der Waals surface area contributed by atoms with E-state index in [2.05, 4.69) is 26.5 Å². The van der Waals surface area contributed by atoms with Crippen LogP contribution >= 0.6 is 15.9 Å². The second kappa shape index (κ2) is 4.63. The summed E-state index contributed by atoms with van der Waals surface area (Å²) in [6, 6.07) is 0. The summed E-state index contributed by atoms with van der Waals surface area (Å²) >= 11 is 3.50. The average molecular weight is 276 g/mol. The Hall–Kier alpha value is -0.390. The molecule has 0 aromatic carbocycles. The van der Waals surface area contributed by atoms with Gasteiger partial charge in [-0.05, 0) is 43.6 Å². The van der Waals surface area contributed by atoms with Gasteiger partial charge in [-0.25, -0.2) is 0 Å². The molecule has 1 aromatic rings. The quantitative estimate of drug-likeness (QED) is 0.861. The Morgan fingerprint density at radius 2 is 2.07 bits per heavy atom. The fraction of sp³-hybridized carbons (Fsp3) is 0.700. The number of rotatable bonds is 3. The molecule has 0 radical (unpaired) electrons. The number of nitrogens with one attached hydrogen (secondary N) is 1. The number of aromatic nitrogens is 2. The summed E-state index contributed by atoms with van der Waals surface area (Å²) in [6.07, 6.45) is 0. The standard InChI is InChI=1S/C10H18BrN3O/c1-7-9(11)8(14(5)13-7)6-12-15-10(2,3)4/h12H,6H2,1-5H3. The summed E-state index contributed by atoms with van der Waals surface area (Å²) < 4.78 is 2.88. The summed E-state index contributed by atoms with van der Waals surface area (Å²) in [7, 11) is 1.92. The molecule has 0 saturated carbocycles. The highest BCUT2D eigenvalue weighted by molar-refractivity contribution is 9.10. The number of halogens is 1. The zero-order valence-corrected chi connectivity index (χ0v) is 11.5. The summed E-state index contributed by atoms with van der Waals surface area (Å²) in [5.41, 5.74) is 4.84. The van der Waals surface area contributed by atoms with Gasteiger partial charge in [-0.1, -0.05) is 0 Å². The van der Waals surface area contributed by atoms with Gasteiger partial charge < -0.3 is 0 Å². The highest BCUT2D eigenvalue weighted by atomic mass is 79.9. The summed E-state index contributed by atoms with van der Waals surface area (Å²) in [5.74, 6) is 0. The van der Waals surface area contributed by atoms with Crippen LogP contribution in [0.5, 0.6) is 0 Å². The van der Waals surface area contributed by atoms with Crippen molar-refractivity contribution in [3.8, 4) is 0 Å². The molecule has 0 aliphatic rings. The van der Waals surface area contributed by atoms with E-state index in [4.69, 9.17) is 4.84 Å². The van der Waals surface area contributed by atoms with Gasteiger partial charge in [-0.15, -0.1) is 0 Å². The molecule has 0 atom stereocenters. The third-order valence-electron chi connectivity index (χ3n) is 1.88. The Morgan fingerprint density at radius 1 is 1.47 bits per heavy atom. The van der Waals surface area contributed by atoms with Gasteiger partial charge in [0.05, 0.1) is 28.0 Å².